The molecule has 4 rings (SSSR count). The number of carbonyl (C=O) groups is 1. The highest BCUT2D eigenvalue weighted by Gasteiger charge is 2.39. The number of aryl methyl sites for hydroxylation is 1. The van der Waals surface area contributed by atoms with Crippen molar-refractivity contribution in [1.82, 2.24) is 0 Å². The van der Waals surface area contributed by atoms with Gasteiger partial charge in [0, 0.05) is 0 Å². The molecule has 0 N–H and O–H groups in total. The lowest BCUT2D eigenvalue weighted by atomic mass is 9.60. The Bertz CT molecular complexity index is 756. The van der Waals surface area contributed by atoms with E-state index in [1.807, 2.05) is 12.1 Å². The van der Waals surface area contributed by atoms with Crippen molar-refractivity contribution in [3.63, 3.8) is 0 Å². The third-order valence-electron chi connectivity index (χ3n) is 9.21. The Morgan fingerprint density at radius 3 is 2.21 bits per heavy atom. The SMILES string of the molecule is C/C=C/CCc1ccc(OC(=O)C2CCC(C3CCC4CC(CCC)CCC4C3)CC2)cc1. The largest absolute Gasteiger partial charge is 0.426 e. The van der Waals surface area contributed by atoms with Gasteiger partial charge in [0.25, 0.3) is 0 Å². The van der Waals surface area contributed by atoms with E-state index in [9.17, 15) is 4.79 Å². The third-order valence-corrected chi connectivity index (χ3v) is 9.21. The zero-order valence-corrected chi connectivity index (χ0v) is 21.1. The minimum Gasteiger partial charge on any atom is -0.426 e. The van der Waals surface area contributed by atoms with Crippen LogP contribution in [0.25, 0.3) is 0 Å². The number of carbonyl (C=O) groups excluding carboxylic acids is 1. The number of ether oxygens (including phenoxy) is 1. The molecule has 0 spiro atoms. The maximum absolute atomic E-state index is 12.8. The summed E-state index contributed by atoms with van der Waals surface area (Å²) in [6, 6.07) is 8.11. The minimum absolute atomic E-state index is 0.00642. The summed E-state index contributed by atoms with van der Waals surface area (Å²) < 4.78 is 5.76. The van der Waals surface area contributed by atoms with Crippen molar-refractivity contribution in [2.45, 2.75) is 104 Å². The molecule has 0 heterocycles. The molecule has 3 aliphatic carbocycles. The summed E-state index contributed by atoms with van der Waals surface area (Å²) in [4.78, 5) is 12.8. The molecule has 0 bridgehead atoms. The number of esters is 1. The van der Waals surface area contributed by atoms with E-state index < -0.39 is 0 Å². The Morgan fingerprint density at radius 1 is 0.879 bits per heavy atom. The monoisotopic (exact) mass is 450 g/mol. The van der Waals surface area contributed by atoms with Gasteiger partial charge in [-0.05, 0) is 125 Å². The predicted octanol–water partition coefficient (Wildman–Crippen LogP) is 8.54. The minimum atomic E-state index is -0.00642. The van der Waals surface area contributed by atoms with Gasteiger partial charge in [-0.1, -0.05) is 50.5 Å². The second-order valence-corrected chi connectivity index (χ2v) is 11.3. The van der Waals surface area contributed by atoms with Crippen LogP contribution in [0.1, 0.15) is 103 Å². The van der Waals surface area contributed by atoms with Crippen molar-refractivity contribution in [1.29, 1.82) is 0 Å². The van der Waals surface area contributed by atoms with Crippen molar-refractivity contribution >= 4 is 5.97 Å². The zero-order valence-electron chi connectivity index (χ0n) is 21.1. The summed E-state index contributed by atoms with van der Waals surface area (Å²) in [5.41, 5.74) is 1.29. The molecule has 4 atom stereocenters. The van der Waals surface area contributed by atoms with E-state index in [0.29, 0.717) is 5.75 Å². The van der Waals surface area contributed by atoms with E-state index in [4.69, 9.17) is 4.74 Å². The van der Waals surface area contributed by atoms with Crippen LogP contribution in [0.2, 0.25) is 0 Å². The molecule has 2 nitrogen and oxygen atoms in total. The van der Waals surface area contributed by atoms with Gasteiger partial charge in [-0.3, -0.25) is 4.79 Å². The molecule has 182 valence electrons. The summed E-state index contributed by atoms with van der Waals surface area (Å²) in [7, 11) is 0. The normalized spacial score (nSPS) is 32.4. The average Bonchev–Trinajstić information content (AvgIpc) is 2.85. The van der Waals surface area contributed by atoms with E-state index in [-0.39, 0.29) is 11.9 Å². The Balaban J connectivity index is 1.19. The molecule has 1 aromatic carbocycles. The maximum atomic E-state index is 12.8. The highest BCUT2D eigenvalue weighted by Crippen LogP contribution is 2.49. The Hall–Kier alpha value is -1.57. The van der Waals surface area contributed by atoms with Crippen LogP contribution in [0.4, 0.5) is 0 Å². The van der Waals surface area contributed by atoms with Gasteiger partial charge in [0.05, 0.1) is 5.92 Å². The number of allylic oxidation sites excluding steroid dienone is 2. The van der Waals surface area contributed by atoms with E-state index >= 15 is 0 Å². The quantitative estimate of drug-likeness (QED) is 0.225. The van der Waals surface area contributed by atoms with E-state index in [1.165, 1.54) is 69.8 Å². The van der Waals surface area contributed by atoms with Crippen LogP contribution in [0, 0.1) is 35.5 Å². The smallest absolute Gasteiger partial charge is 0.314 e. The molecular formula is C31H46O2. The van der Waals surface area contributed by atoms with Crippen molar-refractivity contribution < 1.29 is 9.53 Å². The molecular weight excluding hydrogens is 404 g/mol. The molecule has 1 aromatic rings. The third kappa shape index (κ3) is 6.74. The predicted molar refractivity (Wildman–Crippen MR) is 137 cm³/mol. The fourth-order valence-corrected chi connectivity index (χ4v) is 7.29. The number of rotatable bonds is 8. The van der Waals surface area contributed by atoms with Gasteiger partial charge < -0.3 is 4.74 Å². The molecule has 2 heteroatoms. The topological polar surface area (TPSA) is 26.3 Å². The Labute approximate surface area is 202 Å². The lowest BCUT2D eigenvalue weighted by Crippen LogP contribution is -2.35. The fourth-order valence-electron chi connectivity index (χ4n) is 7.29. The van der Waals surface area contributed by atoms with Crippen molar-refractivity contribution in [3.05, 3.63) is 42.0 Å². The first-order chi connectivity index (χ1) is 16.2. The second-order valence-electron chi connectivity index (χ2n) is 11.3. The van der Waals surface area contributed by atoms with Gasteiger partial charge in [0.15, 0.2) is 0 Å². The lowest BCUT2D eigenvalue weighted by molar-refractivity contribution is -0.140. The van der Waals surface area contributed by atoms with E-state index in [0.717, 1.165) is 55.3 Å². The highest BCUT2D eigenvalue weighted by atomic mass is 16.5. The lowest BCUT2D eigenvalue weighted by Gasteiger charge is -2.45. The molecule has 3 fully saturated rings. The molecule has 4 unspecified atom stereocenters. The number of hydrogen-bond acceptors (Lipinski definition) is 2. The fraction of sp³-hybridized carbons (Fsp3) is 0.710. The maximum Gasteiger partial charge on any atom is 0.314 e. The number of fused-ring (bicyclic) bond motifs is 1. The molecule has 0 aliphatic heterocycles. The van der Waals surface area contributed by atoms with Crippen LogP contribution >= 0.6 is 0 Å². The van der Waals surface area contributed by atoms with Gasteiger partial charge in [-0.2, -0.15) is 0 Å². The second kappa shape index (κ2) is 12.2. The Morgan fingerprint density at radius 2 is 1.52 bits per heavy atom. The number of benzene rings is 1. The Kier molecular flexibility index (Phi) is 9.10. The molecule has 3 saturated carbocycles. The van der Waals surface area contributed by atoms with Crippen molar-refractivity contribution in [3.8, 4) is 5.75 Å². The van der Waals surface area contributed by atoms with Gasteiger partial charge in [-0.25, -0.2) is 0 Å². The van der Waals surface area contributed by atoms with Crippen LogP contribution in [0.15, 0.2) is 36.4 Å². The van der Waals surface area contributed by atoms with Crippen LogP contribution in [-0.4, -0.2) is 5.97 Å². The molecule has 0 amide bonds. The van der Waals surface area contributed by atoms with Crippen LogP contribution in [0.5, 0.6) is 5.75 Å². The zero-order chi connectivity index (χ0) is 23.0. The van der Waals surface area contributed by atoms with Gasteiger partial charge in [0.1, 0.15) is 5.75 Å². The molecule has 3 aliphatic rings. The summed E-state index contributed by atoms with van der Waals surface area (Å²) in [6.45, 7) is 4.40. The number of hydrogen-bond donors (Lipinski definition) is 0. The molecule has 33 heavy (non-hydrogen) atoms. The first-order valence-corrected chi connectivity index (χ1v) is 14.1. The van der Waals surface area contributed by atoms with Crippen LogP contribution in [0.3, 0.4) is 0 Å². The first kappa shape index (κ1) is 24.6. The summed E-state index contributed by atoms with van der Waals surface area (Å²) in [5.74, 6) is 5.59. The van der Waals surface area contributed by atoms with E-state index in [2.05, 4.69) is 38.1 Å². The van der Waals surface area contributed by atoms with Crippen LogP contribution in [-0.2, 0) is 11.2 Å². The van der Waals surface area contributed by atoms with Crippen molar-refractivity contribution in [2.75, 3.05) is 0 Å². The standard InChI is InChI=1S/C31H46O2/c1-3-5-6-8-23-10-19-30(20-11-23)33-31(32)26-15-13-25(14-16-26)28-18-17-27-21-24(7-4-2)9-12-29(27)22-28/h3,5,10-11,19-20,24-29H,4,6-9,12-18,21-22H2,1-2H3/b5-3+. The molecule has 0 aromatic heterocycles. The van der Waals surface area contributed by atoms with Gasteiger partial charge in [0.2, 0.25) is 0 Å². The average molecular weight is 451 g/mol. The summed E-state index contributed by atoms with van der Waals surface area (Å²) in [6.07, 6.45) is 22.6. The van der Waals surface area contributed by atoms with E-state index in [1.54, 1.807) is 0 Å². The van der Waals surface area contributed by atoms with Gasteiger partial charge in [-0.15, -0.1) is 0 Å². The summed E-state index contributed by atoms with van der Waals surface area (Å²) in [5, 5.41) is 0. The van der Waals surface area contributed by atoms with Crippen molar-refractivity contribution in [2.24, 2.45) is 35.5 Å². The first-order valence-electron chi connectivity index (χ1n) is 14.1. The molecule has 0 saturated heterocycles. The summed E-state index contributed by atoms with van der Waals surface area (Å²) >= 11 is 0. The van der Waals surface area contributed by atoms with Crippen LogP contribution < -0.4 is 4.74 Å². The highest BCUT2D eigenvalue weighted by molar-refractivity contribution is 5.75. The molecule has 0 radical (unpaired) electrons. The van der Waals surface area contributed by atoms with Gasteiger partial charge >= 0.3 is 5.97 Å².